The van der Waals surface area contributed by atoms with E-state index in [0.29, 0.717) is 34.3 Å². The number of benzene rings is 8. The molecule has 0 amide bonds. The molecule has 0 aliphatic heterocycles. The number of para-hydroxylation sites is 3. The molecule has 0 aliphatic carbocycles. The molecule has 286 valence electrons. The molecule has 8 aromatic carbocycles. The number of hydrogen-bond donors (Lipinski definition) is 0. The van der Waals surface area contributed by atoms with Crippen molar-refractivity contribution in [2.45, 2.75) is 6.18 Å². The molecule has 0 N–H and O–H groups in total. The van der Waals surface area contributed by atoms with Gasteiger partial charge < -0.3 is 9.13 Å². The minimum atomic E-state index is -4.62. The summed E-state index contributed by atoms with van der Waals surface area (Å²) in [7, 11) is 0. The number of aromatic nitrogens is 5. The third-order valence-electron chi connectivity index (χ3n) is 11.2. The Bertz CT molecular complexity index is 3350. The van der Waals surface area contributed by atoms with E-state index in [-0.39, 0.29) is 5.56 Å². The maximum atomic E-state index is 15.1. The van der Waals surface area contributed by atoms with Gasteiger partial charge in [0.05, 0.1) is 33.3 Å². The highest BCUT2D eigenvalue weighted by atomic mass is 19.4. The monoisotopic (exact) mass is 783 g/mol. The Hall–Kier alpha value is -7.84. The second kappa shape index (κ2) is 13.9. The third kappa shape index (κ3) is 5.75. The quantitative estimate of drug-likeness (QED) is 0.169. The van der Waals surface area contributed by atoms with Gasteiger partial charge in [-0.3, -0.25) is 0 Å². The van der Waals surface area contributed by atoms with E-state index in [1.807, 2.05) is 115 Å². The highest BCUT2D eigenvalue weighted by molar-refractivity contribution is 6.26. The molecule has 0 atom stereocenters. The zero-order chi connectivity index (χ0) is 40.4. The molecule has 0 saturated heterocycles. The standard InChI is InChI=1S/C52H32F3N5/c53-52(54,55)42-25-13-10-22-37(42)41-32-35(51-57-49(33-16-4-1-5-17-33)56-50(58-51)34-18-6-2-7-19-34)28-30-45(41)60-44-27-15-12-24-40(44)47-46(60)31-29-39-38-23-11-14-26-43(38)59(48(39)47)36-20-8-3-9-21-36/h1-32H. The average molecular weight is 784 g/mol. The number of halogens is 3. The van der Waals surface area contributed by atoms with E-state index in [4.69, 9.17) is 15.0 Å². The summed E-state index contributed by atoms with van der Waals surface area (Å²) < 4.78 is 49.6. The molecular formula is C52H32F3N5. The van der Waals surface area contributed by atoms with E-state index in [9.17, 15) is 0 Å². The van der Waals surface area contributed by atoms with Crippen molar-refractivity contribution < 1.29 is 13.2 Å². The molecule has 11 rings (SSSR count). The number of fused-ring (bicyclic) bond motifs is 7. The minimum Gasteiger partial charge on any atom is -0.309 e. The largest absolute Gasteiger partial charge is 0.417 e. The van der Waals surface area contributed by atoms with Gasteiger partial charge >= 0.3 is 6.18 Å². The van der Waals surface area contributed by atoms with E-state index < -0.39 is 11.7 Å². The zero-order valence-electron chi connectivity index (χ0n) is 31.8. The molecule has 0 radical (unpaired) electrons. The molecule has 0 fully saturated rings. The van der Waals surface area contributed by atoms with Gasteiger partial charge in [-0.25, -0.2) is 15.0 Å². The SMILES string of the molecule is FC(F)(F)c1ccccc1-c1cc(-c2nc(-c3ccccc3)nc(-c3ccccc3)n2)ccc1-n1c2ccccc2c2c1ccc1c3ccccc3n(-c3ccccc3)c12. The first-order chi connectivity index (χ1) is 29.4. The summed E-state index contributed by atoms with van der Waals surface area (Å²) in [4.78, 5) is 14.7. The Balaban J connectivity index is 1.23. The highest BCUT2D eigenvalue weighted by Crippen LogP contribution is 2.45. The van der Waals surface area contributed by atoms with E-state index >= 15 is 13.2 Å². The molecule has 11 aromatic rings. The van der Waals surface area contributed by atoms with Gasteiger partial charge in [-0.15, -0.1) is 0 Å². The number of hydrogen-bond acceptors (Lipinski definition) is 3. The molecule has 0 unspecified atom stereocenters. The molecule has 8 heteroatoms. The molecule has 0 spiro atoms. The zero-order valence-corrected chi connectivity index (χ0v) is 31.8. The van der Waals surface area contributed by atoms with Crippen LogP contribution in [0.2, 0.25) is 0 Å². The second-order valence-corrected chi connectivity index (χ2v) is 14.7. The van der Waals surface area contributed by atoms with Crippen molar-refractivity contribution in [2.75, 3.05) is 0 Å². The molecule has 0 saturated carbocycles. The van der Waals surface area contributed by atoms with Crippen LogP contribution in [0.4, 0.5) is 13.2 Å². The summed E-state index contributed by atoms with van der Waals surface area (Å²) in [5.41, 5.74) is 7.25. The summed E-state index contributed by atoms with van der Waals surface area (Å²) in [6, 6.07) is 61.6. The fourth-order valence-corrected chi connectivity index (χ4v) is 8.60. The lowest BCUT2D eigenvalue weighted by Gasteiger charge is -2.19. The number of rotatable bonds is 6. The van der Waals surface area contributed by atoms with Crippen molar-refractivity contribution in [3.8, 4) is 56.7 Å². The van der Waals surface area contributed by atoms with Gasteiger partial charge in [0.25, 0.3) is 0 Å². The molecule has 3 aromatic heterocycles. The van der Waals surface area contributed by atoms with Crippen molar-refractivity contribution in [1.29, 1.82) is 0 Å². The highest BCUT2D eigenvalue weighted by Gasteiger charge is 2.34. The van der Waals surface area contributed by atoms with Gasteiger partial charge in [-0.2, -0.15) is 13.2 Å². The van der Waals surface area contributed by atoms with E-state index in [1.165, 1.54) is 6.07 Å². The Kier molecular flexibility index (Phi) is 8.20. The Labute approximate surface area is 342 Å². The van der Waals surface area contributed by atoms with Crippen molar-refractivity contribution in [2.24, 2.45) is 0 Å². The van der Waals surface area contributed by atoms with Crippen LogP contribution in [0.3, 0.4) is 0 Å². The van der Waals surface area contributed by atoms with Gasteiger partial charge in [-0.1, -0.05) is 140 Å². The van der Waals surface area contributed by atoms with Crippen molar-refractivity contribution in [3.63, 3.8) is 0 Å². The summed E-state index contributed by atoms with van der Waals surface area (Å²) in [6.07, 6.45) is -4.62. The lowest BCUT2D eigenvalue weighted by atomic mass is 9.95. The fraction of sp³-hybridized carbons (Fsp3) is 0.0192. The maximum absolute atomic E-state index is 15.1. The van der Waals surface area contributed by atoms with E-state index in [1.54, 1.807) is 18.2 Å². The van der Waals surface area contributed by atoms with Crippen LogP contribution < -0.4 is 0 Å². The predicted molar refractivity (Wildman–Crippen MR) is 235 cm³/mol. The topological polar surface area (TPSA) is 48.5 Å². The average Bonchev–Trinajstić information content (AvgIpc) is 3.82. The van der Waals surface area contributed by atoms with Crippen LogP contribution in [-0.4, -0.2) is 24.1 Å². The minimum absolute atomic E-state index is 0.0490. The predicted octanol–water partition coefficient (Wildman–Crippen LogP) is 13.8. The van der Waals surface area contributed by atoms with Crippen molar-refractivity contribution >= 4 is 43.6 Å². The molecule has 5 nitrogen and oxygen atoms in total. The van der Waals surface area contributed by atoms with Crippen LogP contribution in [0.15, 0.2) is 194 Å². The lowest BCUT2D eigenvalue weighted by Crippen LogP contribution is -2.08. The van der Waals surface area contributed by atoms with Crippen LogP contribution in [0, 0.1) is 0 Å². The Morgan fingerprint density at radius 2 is 0.917 bits per heavy atom. The molecule has 3 heterocycles. The van der Waals surface area contributed by atoms with Crippen LogP contribution in [-0.2, 0) is 6.18 Å². The smallest absolute Gasteiger partial charge is 0.309 e. The van der Waals surface area contributed by atoms with Crippen LogP contribution in [0.25, 0.3) is 100 Å². The fourth-order valence-electron chi connectivity index (χ4n) is 8.60. The van der Waals surface area contributed by atoms with Crippen molar-refractivity contribution in [3.05, 3.63) is 200 Å². The van der Waals surface area contributed by atoms with Crippen LogP contribution in [0.1, 0.15) is 5.56 Å². The first kappa shape index (κ1) is 35.3. The molecule has 60 heavy (non-hydrogen) atoms. The summed E-state index contributed by atoms with van der Waals surface area (Å²) in [5.74, 6) is 1.26. The van der Waals surface area contributed by atoms with E-state index in [2.05, 4.69) is 57.7 Å². The summed E-state index contributed by atoms with van der Waals surface area (Å²) in [6.45, 7) is 0. The first-order valence-electron chi connectivity index (χ1n) is 19.6. The lowest BCUT2D eigenvalue weighted by molar-refractivity contribution is -0.137. The first-order valence-corrected chi connectivity index (χ1v) is 19.6. The second-order valence-electron chi connectivity index (χ2n) is 14.7. The Morgan fingerprint density at radius 1 is 0.383 bits per heavy atom. The molecule has 0 aliphatic rings. The molecular weight excluding hydrogens is 752 g/mol. The van der Waals surface area contributed by atoms with Gasteiger partial charge in [0.1, 0.15) is 0 Å². The van der Waals surface area contributed by atoms with Gasteiger partial charge in [-0.05, 0) is 60.2 Å². The summed E-state index contributed by atoms with van der Waals surface area (Å²) in [5, 5.41) is 4.18. The van der Waals surface area contributed by atoms with Crippen LogP contribution in [0.5, 0.6) is 0 Å². The van der Waals surface area contributed by atoms with Crippen LogP contribution >= 0.6 is 0 Å². The number of nitrogens with zero attached hydrogens (tertiary/aromatic N) is 5. The maximum Gasteiger partial charge on any atom is 0.417 e. The van der Waals surface area contributed by atoms with Gasteiger partial charge in [0.2, 0.25) is 0 Å². The summed E-state index contributed by atoms with van der Waals surface area (Å²) >= 11 is 0. The number of alkyl halides is 3. The normalized spacial score (nSPS) is 11.9. The third-order valence-corrected chi connectivity index (χ3v) is 11.2. The van der Waals surface area contributed by atoms with E-state index in [0.717, 1.165) is 66.5 Å². The van der Waals surface area contributed by atoms with Gasteiger partial charge in [0.15, 0.2) is 17.5 Å². The molecule has 0 bridgehead atoms. The Morgan fingerprint density at radius 3 is 1.57 bits per heavy atom. The van der Waals surface area contributed by atoms with Crippen molar-refractivity contribution in [1.82, 2.24) is 24.1 Å². The van der Waals surface area contributed by atoms with Gasteiger partial charge in [0, 0.05) is 49.5 Å².